The molecule has 0 aliphatic heterocycles. The van der Waals surface area contributed by atoms with Gasteiger partial charge in [-0.2, -0.15) is 0 Å². The molecule has 3 aromatic rings. The number of rotatable bonds is 2. The predicted octanol–water partition coefficient (Wildman–Crippen LogP) is 5.58. The van der Waals surface area contributed by atoms with Crippen LogP contribution < -0.4 is 0 Å². The van der Waals surface area contributed by atoms with Gasteiger partial charge in [0.1, 0.15) is 0 Å². The largest absolute Gasteiger partial charge is 0.360 e. The third-order valence-corrected chi connectivity index (χ3v) is 4.87. The molecular formula is C15H8Br2ClNO. The highest BCUT2D eigenvalue weighted by atomic mass is 79.9. The van der Waals surface area contributed by atoms with Crippen LogP contribution in [0.15, 0.2) is 51.5 Å². The Kier molecular flexibility index (Phi) is 3.71. The lowest BCUT2D eigenvalue weighted by atomic mass is 10.0. The number of carbonyl (C=O) groups is 1. The Morgan fingerprint density at radius 2 is 1.90 bits per heavy atom. The van der Waals surface area contributed by atoms with Crippen LogP contribution in [0.2, 0.25) is 5.02 Å². The molecule has 0 amide bonds. The highest BCUT2D eigenvalue weighted by Crippen LogP contribution is 2.30. The summed E-state index contributed by atoms with van der Waals surface area (Å²) < 4.78 is 1.64. The van der Waals surface area contributed by atoms with Crippen LogP contribution in [0, 0.1) is 0 Å². The molecule has 0 spiro atoms. The van der Waals surface area contributed by atoms with Gasteiger partial charge in [-0.25, -0.2) is 0 Å². The summed E-state index contributed by atoms with van der Waals surface area (Å²) in [5.41, 5.74) is 2.02. The zero-order chi connectivity index (χ0) is 14.3. The van der Waals surface area contributed by atoms with Crippen LogP contribution in [0.5, 0.6) is 0 Å². The number of ketones is 1. The summed E-state index contributed by atoms with van der Waals surface area (Å²) in [5.74, 6) is -0.0966. The molecule has 0 bridgehead atoms. The predicted molar refractivity (Wildman–Crippen MR) is 88.6 cm³/mol. The van der Waals surface area contributed by atoms with Gasteiger partial charge in [0.2, 0.25) is 0 Å². The fourth-order valence-electron chi connectivity index (χ4n) is 2.10. The van der Waals surface area contributed by atoms with Gasteiger partial charge < -0.3 is 4.98 Å². The molecule has 0 saturated carbocycles. The Morgan fingerprint density at radius 1 is 1.10 bits per heavy atom. The molecule has 0 aliphatic carbocycles. The van der Waals surface area contributed by atoms with E-state index >= 15 is 0 Å². The first-order chi connectivity index (χ1) is 9.58. The summed E-state index contributed by atoms with van der Waals surface area (Å²) in [6.45, 7) is 0. The molecule has 3 rings (SSSR count). The van der Waals surface area contributed by atoms with Gasteiger partial charge in [-0.1, -0.05) is 33.6 Å². The van der Waals surface area contributed by atoms with Crippen LogP contribution in [0.1, 0.15) is 15.9 Å². The van der Waals surface area contributed by atoms with Crippen molar-refractivity contribution in [1.29, 1.82) is 0 Å². The maximum Gasteiger partial charge on any atom is 0.196 e. The molecule has 20 heavy (non-hydrogen) atoms. The Bertz CT molecular complexity index is 826. The van der Waals surface area contributed by atoms with E-state index in [4.69, 9.17) is 11.6 Å². The molecule has 0 atom stereocenters. The van der Waals surface area contributed by atoms with Crippen molar-refractivity contribution >= 4 is 60.1 Å². The minimum Gasteiger partial charge on any atom is -0.360 e. The number of halogens is 3. The Balaban J connectivity index is 2.18. The highest BCUT2D eigenvalue weighted by Gasteiger charge is 2.18. The highest BCUT2D eigenvalue weighted by molar-refractivity contribution is 9.10. The summed E-state index contributed by atoms with van der Waals surface area (Å²) in [6, 6.07) is 11.1. The van der Waals surface area contributed by atoms with Crippen molar-refractivity contribution in [1.82, 2.24) is 4.98 Å². The summed E-state index contributed by atoms with van der Waals surface area (Å²) in [5, 5.41) is 1.31. The number of hydrogen-bond acceptors (Lipinski definition) is 1. The van der Waals surface area contributed by atoms with Crippen molar-refractivity contribution in [3.8, 4) is 0 Å². The zero-order valence-corrected chi connectivity index (χ0v) is 14.0. The minimum absolute atomic E-state index is 0.0966. The lowest BCUT2D eigenvalue weighted by molar-refractivity contribution is 0.104. The number of carbonyl (C=O) groups excluding carboxylic acids is 1. The van der Waals surface area contributed by atoms with Crippen LogP contribution in [-0.2, 0) is 0 Å². The van der Waals surface area contributed by atoms with E-state index in [9.17, 15) is 4.79 Å². The van der Waals surface area contributed by atoms with Gasteiger partial charge in [0.05, 0.1) is 5.02 Å². The van der Waals surface area contributed by atoms with E-state index in [1.54, 1.807) is 18.3 Å². The topological polar surface area (TPSA) is 32.9 Å². The van der Waals surface area contributed by atoms with Gasteiger partial charge >= 0.3 is 0 Å². The zero-order valence-electron chi connectivity index (χ0n) is 10.1. The van der Waals surface area contributed by atoms with Crippen LogP contribution in [-0.4, -0.2) is 10.8 Å². The SMILES string of the molecule is O=C(c1cccc(Br)c1Cl)c1c[nH]c2ccc(Br)cc12. The van der Waals surface area contributed by atoms with Crippen molar-refractivity contribution in [2.24, 2.45) is 0 Å². The third kappa shape index (κ3) is 2.32. The first-order valence-corrected chi connectivity index (χ1v) is 7.79. The number of H-pyrrole nitrogens is 1. The molecule has 1 aromatic heterocycles. The van der Waals surface area contributed by atoms with Crippen LogP contribution >= 0.6 is 43.5 Å². The second-order valence-electron chi connectivity index (χ2n) is 4.32. The molecule has 100 valence electrons. The Morgan fingerprint density at radius 3 is 2.70 bits per heavy atom. The molecule has 0 fully saturated rings. The Hall–Kier alpha value is -1.10. The lowest BCUT2D eigenvalue weighted by Crippen LogP contribution is -2.01. The second-order valence-corrected chi connectivity index (χ2v) is 6.47. The normalized spacial score (nSPS) is 10.9. The van der Waals surface area contributed by atoms with Crippen LogP contribution in [0.3, 0.4) is 0 Å². The van der Waals surface area contributed by atoms with Crippen molar-refractivity contribution in [2.75, 3.05) is 0 Å². The molecule has 1 N–H and O–H groups in total. The molecule has 2 aromatic carbocycles. The van der Waals surface area contributed by atoms with Crippen molar-refractivity contribution in [2.45, 2.75) is 0 Å². The van der Waals surface area contributed by atoms with Crippen molar-refractivity contribution in [3.05, 3.63) is 67.7 Å². The summed E-state index contributed by atoms with van der Waals surface area (Å²) >= 11 is 13.0. The third-order valence-electron chi connectivity index (χ3n) is 3.08. The number of benzene rings is 2. The number of fused-ring (bicyclic) bond motifs is 1. The number of aromatic nitrogens is 1. The maximum absolute atomic E-state index is 12.7. The molecule has 0 unspecified atom stereocenters. The molecular weight excluding hydrogens is 405 g/mol. The average Bonchev–Trinajstić information content (AvgIpc) is 2.84. The fraction of sp³-hybridized carbons (Fsp3) is 0. The standard InChI is InChI=1S/C15H8Br2ClNO/c16-8-4-5-13-10(6-8)11(7-19-13)15(20)9-2-1-3-12(17)14(9)18/h1-7,19H. The van der Waals surface area contributed by atoms with Gasteiger partial charge in [-0.3, -0.25) is 4.79 Å². The van der Waals surface area contributed by atoms with Gasteiger partial charge in [-0.15, -0.1) is 0 Å². The quantitative estimate of drug-likeness (QED) is 0.547. The number of nitrogens with one attached hydrogen (secondary N) is 1. The van der Waals surface area contributed by atoms with E-state index in [2.05, 4.69) is 36.8 Å². The number of aromatic amines is 1. The summed E-state index contributed by atoms with van der Waals surface area (Å²) in [7, 11) is 0. The van der Waals surface area contributed by atoms with E-state index in [1.807, 2.05) is 24.3 Å². The van der Waals surface area contributed by atoms with Gasteiger partial charge in [0.15, 0.2) is 5.78 Å². The first kappa shape index (κ1) is 13.9. The van der Waals surface area contributed by atoms with Crippen molar-refractivity contribution in [3.63, 3.8) is 0 Å². The fourth-order valence-corrected chi connectivity index (χ4v) is 3.04. The molecule has 1 heterocycles. The summed E-state index contributed by atoms with van der Waals surface area (Å²) in [6.07, 6.45) is 1.72. The van der Waals surface area contributed by atoms with Crippen molar-refractivity contribution < 1.29 is 4.79 Å². The summed E-state index contributed by atoms with van der Waals surface area (Å²) in [4.78, 5) is 15.8. The Labute approximate surface area is 137 Å². The monoisotopic (exact) mass is 411 g/mol. The van der Waals surface area contributed by atoms with E-state index in [0.717, 1.165) is 15.4 Å². The molecule has 0 saturated heterocycles. The smallest absolute Gasteiger partial charge is 0.196 e. The average molecular weight is 413 g/mol. The molecule has 2 nitrogen and oxygen atoms in total. The second kappa shape index (κ2) is 5.35. The van der Waals surface area contributed by atoms with E-state index in [1.165, 1.54) is 0 Å². The molecule has 0 aliphatic rings. The van der Waals surface area contributed by atoms with E-state index in [-0.39, 0.29) is 5.78 Å². The lowest BCUT2D eigenvalue weighted by Gasteiger charge is -2.04. The number of hydrogen-bond donors (Lipinski definition) is 1. The van der Waals surface area contributed by atoms with Gasteiger partial charge in [-0.05, 0) is 46.3 Å². The molecule has 0 radical (unpaired) electrons. The molecule has 5 heteroatoms. The van der Waals surface area contributed by atoms with E-state index in [0.29, 0.717) is 20.6 Å². The van der Waals surface area contributed by atoms with Crippen LogP contribution in [0.25, 0.3) is 10.9 Å². The van der Waals surface area contributed by atoms with Gasteiger partial charge in [0, 0.05) is 37.2 Å². The van der Waals surface area contributed by atoms with Crippen LogP contribution in [0.4, 0.5) is 0 Å². The maximum atomic E-state index is 12.7. The van der Waals surface area contributed by atoms with E-state index < -0.39 is 0 Å². The first-order valence-electron chi connectivity index (χ1n) is 5.83. The van der Waals surface area contributed by atoms with Gasteiger partial charge in [0.25, 0.3) is 0 Å². The minimum atomic E-state index is -0.0966.